The molecule has 9 nitrogen and oxygen atoms in total. The number of carbonyl (C=O) groups is 3. The predicted octanol–water partition coefficient (Wildman–Crippen LogP) is 2.09. The van der Waals surface area contributed by atoms with Crippen LogP contribution in [0.4, 0.5) is 0 Å². The SMILES string of the molecule is C=CCCCCOC(=O)[C@@H]1[C@H]2C(=O)N([C@@H](CC)CO)C(C(=O)N(CC=C)CCN3CCOCC3)C23CC[C@H]1S3. The number of nitrogens with zero attached hydrogens (tertiary/aromatic N) is 3. The molecule has 4 saturated heterocycles. The van der Waals surface area contributed by atoms with Gasteiger partial charge in [-0.05, 0) is 38.5 Å². The standard InChI is InChI=1S/C29H45N3O6S/c1-4-7-8-9-17-38-28(36)23-22-10-11-29(39-22)24(23)26(34)32(21(6-3)20-33)25(29)27(35)31(12-5-2)14-13-30-15-18-37-19-16-30/h4-5,21-25,33H,1-2,6-20H2,3H3/t21-,22+,23-,24-,25?,29?/m0/s1. The Morgan fingerprint density at radius 3 is 2.72 bits per heavy atom. The molecule has 39 heavy (non-hydrogen) atoms. The first kappa shape index (κ1) is 30.1. The molecule has 0 aliphatic carbocycles. The van der Waals surface area contributed by atoms with Gasteiger partial charge in [0.2, 0.25) is 11.8 Å². The van der Waals surface area contributed by atoms with Gasteiger partial charge < -0.3 is 24.4 Å². The van der Waals surface area contributed by atoms with Crippen molar-refractivity contribution in [3.63, 3.8) is 0 Å². The minimum atomic E-state index is -0.725. The molecule has 4 aliphatic heterocycles. The van der Waals surface area contributed by atoms with Gasteiger partial charge in [-0.3, -0.25) is 19.3 Å². The van der Waals surface area contributed by atoms with E-state index < -0.39 is 28.7 Å². The Labute approximate surface area is 236 Å². The van der Waals surface area contributed by atoms with E-state index in [1.807, 2.05) is 13.0 Å². The molecular formula is C29H45N3O6S. The number of allylic oxidation sites excluding steroid dienone is 1. The summed E-state index contributed by atoms with van der Waals surface area (Å²) in [5, 5.41) is 10.2. The van der Waals surface area contributed by atoms with Crippen molar-refractivity contribution in [2.75, 3.05) is 59.2 Å². The highest BCUT2D eigenvalue weighted by molar-refractivity contribution is 8.02. The fourth-order valence-electron chi connectivity index (χ4n) is 6.81. The molecule has 1 N–H and O–H groups in total. The summed E-state index contributed by atoms with van der Waals surface area (Å²) in [6.45, 7) is 14.3. The van der Waals surface area contributed by atoms with Crippen molar-refractivity contribution in [1.82, 2.24) is 14.7 Å². The van der Waals surface area contributed by atoms with Gasteiger partial charge >= 0.3 is 5.97 Å². The first-order valence-electron chi connectivity index (χ1n) is 14.5. The third-order valence-electron chi connectivity index (χ3n) is 8.82. The summed E-state index contributed by atoms with van der Waals surface area (Å²) in [6.07, 6.45) is 8.09. The van der Waals surface area contributed by atoms with Crippen LogP contribution in [-0.4, -0.2) is 119 Å². The minimum absolute atomic E-state index is 0.0347. The summed E-state index contributed by atoms with van der Waals surface area (Å²) in [4.78, 5) is 47.6. The van der Waals surface area contributed by atoms with Crippen LogP contribution in [0.2, 0.25) is 0 Å². The molecule has 10 heteroatoms. The van der Waals surface area contributed by atoms with Gasteiger partial charge in [0.15, 0.2) is 0 Å². The van der Waals surface area contributed by atoms with Crippen LogP contribution in [0.5, 0.6) is 0 Å². The van der Waals surface area contributed by atoms with Gasteiger partial charge in [-0.25, -0.2) is 0 Å². The second kappa shape index (κ2) is 13.7. The average Bonchev–Trinajstić information content (AvgIpc) is 3.59. The summed E-state index contributed by atoms with van der Waals surface area (Å²) in [6, 6.07) is -1.20. The number of fused-ring (bicyclic) bond motifs is 1. The van der Waals surface area contributed by atoms with Gasteiger partial charge in [0.05, 0.1) is 49.1 Å². The Bertz CT molecular complexity index is 907. The lowest BCUT2D eigenvalue weighted by molar-refractivity contribution is -0.154. The molecule has 218 valence electrons. The van der Waals surface area contributed by atoms with Crippen LogP contribution in [0.1, 0.15) is 45.4 Å². The van der Waals surface area contributed by atoms with E-state index in [9.17, 15) is 19.5 Å². The summed E-state index contributed by atoms with van der Waals surface area (Å²) >= 11 is 1.64. The van der Waals surface area contributed by atoms with Gasteiger partial charge in [0.1, 0.15) is 6.04 Å². The van der Waals surface area contributed by atoms with Crippen molar-refractivity contribution in [2.45, 2.75) is 67.5 Å². The molecule has 0 aromatic heterocycles. The van der Waals surface area contributed by atoms with Gasteiger partial charge in [-0.1, -0.05) is 19.1 Å². The molecule has 4 heterocycles. The highest BCUT2D eigenvalue weighted by atomic mass is 32.2. The highest BCUT2D eigenvalue weighted by Gasteiger charge is 2.74. The Hall–Kier alpha value is -1.88. The molecule has 0 saturated carbocycles. The molecule has 0 radical (unpaired) electrons. The van der Waals surface area contributed by atoms with Gasteiger partial charge in [-0.15, -0.1) is 24.9 Å². The normalized spacial score (nSPS) is 30.7. The maximum atomic E-state index is 14.4. The minimum Gasteiger partial charge on any atom is -0.465 e. The number of aliphatic hydroxyl groups excluding tert-OH is 1. The van der Waals surface area contributed by atoms with Crippen LogP contribution < -0.4 is 0 Å². The summed E-state index contributed by atoms with van der Waals surface area (Å²) in [5.74, 6) is -1.80. The maximum Gasteiger partial charge on any atom is 0.310 e. The third kappa shape index (κ3) is 5.94. The Kier molecular flexibility index (Phi) is 10.5. The monoisotopic (exact) mass is 563 g/mol. The van der Waals surface area contributed by atoms with Crippen molar-refractivity contribution in [1.29, 1.82) is 0 Å². The quantitative estimate of drug-likeness (QED) is 0.184. The number of likely N-dealkylation sites (tertiary alicyclic amines) is 1. The number of carbonyl (C=O) groups excluding carboxylic acids is 3. The molecule has 1 spiro atoms. The second-order valence-electron chi connectivity index (χ2n) is 11.0. The zero-order chi connectivity index (χ0) is 28.0. The number of hydrogen-bond donors (Lipinski definition) is 1. The second-order valence-corrected chi connectivity index (χ2v) is 12.6. The number of aliphatic hydroxyl groups is 1. The molecule has 2 unspecified atom stereocenters. The third-order valence-corrected chi connectivity index (χ3v) is 10.8. The van der Waals surface area contributed by atoms with Crippen LogP contribution >= 0.6 is 11.8 Å². The lowest BCUT2D eigenvalue weighted by Crippen LogP contribution is -2.58. The topological polar surface area (TPSA) is 99.6 Å². The molecule has 2 amide bonds. The fourth-order valence-corrected chi connectivity index (χ4v) is 9.00. The van der Waals surface area contributed by atoms with E-state index in [-0.39, 0.29) is 29.6 Å². The first-order chi connectivity index (χ1) is 18.9. The number of ether oxygens (including phenoxy) is 2. The molecule has 0 aromatic rings. The predicted molar refractivity (Wildman–Crippen MR) is 151 cm³/mol. The van der Waals surface area contributed by atoms with E-state index in [0.29, 0.717) is 52.3 Å². The van der Waals surface area contributed by atoms with Crippen LogP contribution in [0.15, 0.2) is 25.3 Å². The number of morpholine rings is 1. The van der Waals surface area contributed by atoms with E-state index in [1.165, 1.54) is 0 Å². The number of unbranched alkanes of at least 4 members (excludes halogenated alkanes) is 2. The fraction of sp³-hybridized carbons (Fsp3) is 0.759. The number of amides is 2. The van der Waals surface area contributed by atoms with E-state index in [0.717, 1.165) is 38.8 Å². The van der Waals surface area contributed by atoms with Crippen molar-refractivity contribution in [3.8, 4) is 0 Å². The van der Waals surface area contributed by atoms with E-state index in [4.69, 9.17) is 9.47 Å². The van der Waals surface area contributed by atoms with Crippen LogP contribution in [0, 0.1) is 11.8 Å². The lowest BCUT2D eigenvalue weighted by Gasteiger charge is -2.40. The smallest absolute Gasteiger partial charge is 0.310 e. The molecular weight excluding hydrogens is 518 g/mol. The van der Waals surface area contributed by atoms with Crippen LogP contribution in [-0.2, 0) is 23.9 Å². The highest BCUT2D eigenvalue weighted by Crippen LogP contribution is 2.67. The molecule has 2 bridgehead atoms. The molecule has 4 fully saturated rings. The van der Waals surface area contributed by atoms with E-state index in [2.05, 4.69) is 18.1 Å². The number of thioether (sulfide) groups is 1. The van der Waals surface area contributed by atoms with Gasteiger partial charge in [0.25, 0.3) is 0 Å². The Balaban J connectivity index is 1.58. The van der Waals surface area contributed by atoms with E-state index in [1.54, 1.807) is 27.6 Å². The molecule has 4 rings (SSSR count). The first-order valence-corrected chi connectivity index (χ1v) is 15.4. The summed E-state index contributed by atoms with van der Waals surface area (Å²) < 4.78 is 10.5. The van der Waals surface area contributed by atoms with Gasteiger partial charge in [0, 0.05) is 38.0 Å². The van der Waals surface area contributed by atoms with Crippen molar-refractivity contribution in [2.24, 2.45) is 11.8 Å². The zero-order valence-corrected chi connectivity index (χ0v) is 24.1. The van der Waals surface area contributed by atoms with E-state index >= 15 is 0 Å². The lowest BCUT2D eigenvalue weighted by atomic mass is 9.71. The Morgan fingerprint density at radius 1 is 1.28 bits per heavy atom. The average molecular weight is 564 g/mol. The van der Waals surface area contributed by atoms with Crippen LogP contribution in [0.3, 0.4) is 0 Å². The van der Waals surface area contributed by atoms with Crippen molar-refractivity contribution < 1.29 is 29.0 Å². The Morgan fingerprint density at radius 2 is 2.05 bits per heavy atom. The largest absolute Gasteiger partial charge is 0.465 e. The zero-order valence-electron chi connectivity index (χ0n) is 23.3. The van der Waals surface area contributed by atoms with Crippen molar-refractivity contribution in [3.05, 3.63) is 25.3 Å². The number of rotatable bonds is 15. The number of hydrogen-bond acceptors (Lipinski definition) is 8. The molecule has 4 aliphatic rings. The number of esters is 1. The summed E-state index contributed by atoms with van der Waals surface area (Å²) in [5.41, 5.74) is 0. The van der Waals surface area contributed by atoms with Crippen molar-refractivity contribution >= 4 is 29.5 Å². The maximum absolute atomic E-state index is 14.4. The summed E-state index contributed by atoms with van der Waals surface area (Å²) in [7, 11) is 0. The molecule has 6 atom stereocenters. The van der Waals surface area contributed by atoms with Crippen LogP contribution in [0.25, 0.3) is 0 Å². The molecule has 0 aromatic carbocycles. The van der Waals surface area contributed by atoms with Gasteiger partial charge in [-0.2, -0.15) is 0 Å².